The van der Waals surface area contributed by atoms with Gasteiger partial charge in [-0.1, -0.05) is 55.3 Å². The minimum atomic E-state index is -0.356. The molecule has 0 unspecified atom stereocenters. The summed E-state index contributed by atoms with van der Waals surface area (Å²) in [5, 5.41) is 11.6. The number of esters is 1. The number of aromatic nitrogens is 3. The van der Waals surface area contributed by atoms with Crippen molar-refractivity contribution in [2.75, 3.05) is 30.7 Å². The summed E-state index contributed by atoms with van der Waals surface area (Å²) >= 11 is 12.2. The normalized spacial score (nSPS) is 14.2. The van der Waals surface area contributed by atoms with Crippen LogP contribution in [0, 0.1) is 5.41 Å². The molecule has 36 heavy (non-hydrogen) atoms. The minimum Gasteiger partial charge on any atom is -0.493 e. The molecule has 0 saturated carbocycles. The van der Waals surface area contributed by atoms with Crippen molar-refractivity contribution in [2.45, 2.75) is 33.6 Å². The topological polar surface area (TPSA) is 91.2 Å². The van der Waals surface area contributed by atoms with E-state index >= 15 is 0 Å². The van der Waals surface area contributed by atoms with E-state index in [4.69, 9.17) is 42.4 Å². The Morgan fingerprint density at radius 2 is 1.78 bits per heavy atom. The summed E-state index contributed by atoms with van der Waals surface area (Å²) in [5.74, 6) is 0.310. The van der Waals surface area contributed by atoms with Crippen LogP contribution < -0.4 is 19.6 Å². The maximum atomic E-state index is 12.6. The van der Waals surface area contributed by atoms with Gasteiger partial charge in [-0.25, -0.2) is 24.5 Å². The van der Waals surface area contributed by atoms with E-state index in [1.807, 2.05) is 0 Å². The van der Waals surface area contributed by atoms with E-state index < -0.39 is 0 Å². The first-order chi connectivity index (χ1) is 17.1. The number of hydrogen-bond donors (Lipinski definition) is 0. The molecule has 1 aromatic heterocycles. The van der Waals surface area contributed by atoms with Crippen LogP contribution in [0.3, 0.4) is 0 Å². The van der Waals surface area contributed by atoms with Gasteiger partial charge in [0.25, 0.3) is 0 Å². The SMILES string of the molecule is COc1cccc(N2CON(c3cc(Cl)ccc3-n3cc(Cl)nn3)CO2)c1OC(=O)CCC(C)(C)C. The molecule has 1 fully saturated rings. The maximum Gasteiger partial charge on any atom is 0.311 e. The number of anilines is 2. The molecule has 4 rings (SSSR count). The van der Waals surface area contributed by atoms with E-state index in [9.17, 15) is 4.79 Å². The number of ether oxygens (including phenoxy) is 2. The third kappa shape index (κ3) is 6.19. The lowest BCUT2D eigenvalue weighted by Crippen LogP contribution is -2.43. The molecule has 0 bridgehead atoms. The van der Waals surface area contributed by atoms with Crippen LogP contribution in [0.5, 0.6) is 11.5 Å². The number of nitrogens with zero attached hydrogens (tertiary/aromatic N) is 5. The van der Waals surface area contributed by atoms with Crippen LogP contribution in [0.15, 0.2) is 42.6 Å². The van der Waals surface area contributed by atoms with Crippen LogP contribution in [0.1, 0.15) is 33.6 Å². The number of carbonyl (C=O) groups is 1. The highest BCUT2D eigenvalue weighted by molar-refractivity contribution is 6.31. The van der Waals surface area contributed by atoms with Crippen molar-refractivity contribution in [3.05, 3.63) is 52.8 Å². The van der Waals surface area contributed by atoms with Crippen LogP contribution in [0.25, 0.3) is 5.69 Å². The molecule has 10 nitrogen and oxygen atoms in total. The summed E-state index contributed by atoms with van der Waals surface area (Å²) < 4.78 is 12.7. The van der Waals surface area contributed by atoms with Gasteiger partial charge in [0.1, 0.15) is 5.69 Å². The van der Waals surface area contributed by atoms with Crippen molar-refractivity contribution in [3.8, 4) is 17.2 Å². The molecule has 1 saturated heterocycles. The van der Waals surface area contributed by atoms with Gasteiger partial charge >= 0.3 is 5.97 Å². The second kappa shape index (κ2) is 10.9. The highest BCUT2D eigenvalue weighted by Crippen LogP contribution is 2.40. The van der Waals surface area contributed by atoms with Crippen LogP contribution >= 0.6 is 23.2 Å². The van der Waals surface area contributed by atoms with Gasteiger partial charge in [0.2, 0.25) is 0 Å². The minimum absolute atomic E-state index is 0.00436. The summed E-state index contributed by atoms with van der Waals surface area (Å²) in [6.07, 6.45) is 2.53. The smallest absolute Gasteiger partial charge is 0.311 e. The van der Waals surface area contributed by atoms with Crippen molar-refractivity contribution in [2.24, 2.45) is 5.41 Å². The number of hydroxylamine groups is 2. The first-order valence-electron chi connectivity index (χ1n) is 11.2. The molecule has 2 heterocycles. The first kappa shape index (κ1) is 26.0. The summed E-state index contributed by atoms with van der Waals surface area (Å²) in [6, 6.07) is 10.5. The summed E-state index contributed by atoms with van der Waals surface area (Å²) in [7, 11) is 1.51. The van der Waals surface area contributed by atoms with Crippen LogP contribution in [0.2, 0.25) is 10.2 Å². The Labute approximate surface area is 219 Å². The van der Waals surface area contributed by atoms with Crippen molar-refractivity contribution in [3.63, 3.8) is 0 Å². The molecule has 1 aliphatic heterocycles. The fourth-order valence-corrected chi connectivity index (χ4v) is 3.75. The average molecular weight is 536 g/mol. The summed E-state index contributed by atoms with van der Waals surface area (Å²) in [5.41, 5.74) is 1.74. The Morgan fingerprint density at radius 3 is 2.39 bits per heavy atom. The quantitative estimate of drug-likeness (QED) is 0.290. The van der Waals surface area contributed by atoms with E-state index in [1.54, 1.807) is 42.6 Å². The molecule has 0 aliphatic carbocycles. The number of methoxy groups -OCH3 is 1. The number of halogens is 2. The standard InChI is InChI=1S/C24H27Cl2N5O5/c1-24(2,3)11-10-22(32)36-23-18(6-5-7-20(23)33-4)30-14-35-31(15-34-30)19-12-16(25)8-9-17(19)29-13-21(26)27-28-29/h5-9,12-13H,10-11,14-15H2,1-4H3. The molecule has 0 amide bonds. The molecular formula is C24H27Cl2N5O5. The van der Waals surface area contributed by atoms with Gasteiger partial charge in [0, 0.05) is 11.4 Å². The van der Waals surface area contributed by atoms with Crippen molar-refractivity contribution < 1.29 is 23.9 Å². The van der Waals surface area contributed by atoms with E-state index in [-0.39, 0.29) is 42.2 Å². The fourth-order valence-electron chi connectivity index (χ4n) is 3.45. The number of hydrogen-bond acceptors (Lipinski definition) is 9. The first-order valence-corrected chi connectivity index (χ1v) is 12.0. The molecule has 1 aliphatic rings. The predicted octanol–water partition coefficient (Wildman–Crippen LogP) is 5.42. The van der Waals surface area contributed by atoms with E-state index in [0.29, 0.717) is 34.3 Å². The zero-order valence-electron chi connectivity index (χ0n) is 20.4. The Balaban J connectivity index is 1.52. The van der Waals surface area contributed by atoms with Gasteiger partial charge in [-0.15, -0.1) is 5.10 Å². The highest BCUT2D eigenvalue weighted by Gasteiger charge is 2.27. The summed E-state index contributed by atoms with van der Waals surface area (Å²) in [6.45, 7) is 6.21. The lowest BCUT2D eigenvalue weighted by Gasteiger charge is -2.36. The number of rotatable bonds is 7. The molecular weight excluding hydrogens is 509 g/mol. The number of carbonyl (C=O) groups excluding carboxylic acids is 1. The van der Waals surface area contributed by atoms with E-state index in [0.717, 1.165) is 0 Å². The Kier molecular flexibility index (Phi) is 7.89. The Hall–Kier alpha value is -3.05. The van der Waals surface area contributed by atoms with Crippen LogP contribution in [0.4, 0.5) is 11.4 Å². The highest BCUT2D eigenvalue weighted by atomic mass is 35.5. The second-order valence-electron chi connectivity index (χ2n) is 9.24. The van der Waals surface area contributed by atoms with Crippen molar-refractivity contribution in [1.82, 2.24) is 15.0 Å². The molecule has 0 radical (unpaired) electrons. The predicted molar refractivity (Wildman–Crippen MR) is 136 cm³/mol. The van der Waals surface area contributed by atoms with Gasteiger partial charge in [-0.05, 0) is 42.2 Å². The van der Waals surface area contributed by atoms with Gasteiger partial charge in [0.15, 0.2) is 30.1 Å². The van der Waals surface area contributed by atoms with Gasteiger partial charge in [0.05, 0.1) is 24.7 Å². The third-order valence-electron chi connectivity index (χ3n) is 5.32. The second-order valence-corrected chi connectivity index (χ2v) is 10.1. The van der Waals surface area contributed by atoms with Crippen molar-refractivity contribution in [1.29, 1.82) is 0 Å². The van der Waals surface area contributed by atoms with Crippen molar-refractivity contribution >= 4 is 40.5 Å². The molecule has 0 atom stereocenters. The lowest BCUT2D eigenvalue weighted by molar-refractivity contribution is -0.135. The zero-order valence-corrected chi connectivity index (χ0v) is 21.9. The van der Waals surface area contributed by atoms with Gasteiger partial charge in [-0.2, -0.15) is 0 Å². The van der Waals surface area contributed by atoms with E-state index in [2.05, 4.69) is 31.1 Å². The largest absolute Gasteiger partial charge is 0.493 e. The lowest BCUT2D eigenvalue weighted by atomic mass is 9.91. The molecule has 2 aromatic carbocycles. The van der Waals surface area contributed by atoms with Gasteiger partial charge in [-0.3, -0.25) is 4.79 Å². The maximum absolute atomic E-state index is 12.6. The van der Waals surface area contributed by atoms with E-state index in [1.165, 1.54) is 21.9 Å². The Bertz CT molecular complexity index is 1220. The average Bonchev–Trinajstić information content (AvgIpc) is 3.28. The van der Waals surface area contributed by atoms with Gasteiger partial charge < -0.3 is 9.47 Å². The fraction of sp³-hybridized carbons (Fsp3) is 0.375. The zero-order chi connectivity index (χ0) is 25.9. The van der Waals surface area contributed by atoms with Crippen LogP contribution in [-0.4, -0.2) is 41.5 Å². The number of benzene rings is 2. The molecule has 3 aromatic rings. The molecule has 0 spiro atoms. The molecule has 12 heteroatoms. The molecule has 192 valence electrons. The Morgan fingerprint density at radius 1 is 1.06 bits per heavy atom. The number of para-hydroxylation sites is 1. The third-order valence-corrected chi connectivity index (χ3v) is 5.73. The summed E-state index contributed by atoms with van der Waals surface area (Å²) in [4.78, 5) is 24.5. The van der Waals surface area contributed by atoms with Crippen LogP contribution in [-0.2, 0) is 14.5 Å². The molecule has 0 N–H and O–H groups in total. The monoisotopic (exact) mass is 535 g/mol.